The normalized spacial score (nSPS) is 13.6. The zero-order valence-corrected chi connectivity index (χ0v) is 21.3. The van der Waals surface area contributed by atoms with Crippen LogP contribution in [0, 0.1) is 17.1 Å². The van der Waals surface area contributed by atoms with E-state index in [1.54, 1.807) is 33.7 Å². The molecule has 0 atom stereocenters. The number of nitrogens with zero attached hydrogens (tertiary/aromatic N) is 8. The van der Waals surface area contributed by atoms with Gasteiger partial charge in [-0.15, -0.1) is 0 Å². The fourth-order valence-corrected chi connectivity index (χ4v) is 4.96. The van der Waals surface area contributed by atoms with Crippen molar-refractivity contribution in [3.63, 3.8) is 0 Å². The van der Waals surface area contributed by atoms with Crippen LogP contribution in [0.15, 0.2) is 73.4 Å². The molecule has 194 valence electrons. The molecule has 1 fully saturated rings. The number of fused-ring (bicyclic) bond motifs is 1. The lowest BCUT2D eigenvalue weighted by Crippen LogP contribution is -2.49. The maximum absolute atomic E-state index is 13.2. The topological polar surface area (TPSA) is 95.3 Å². The summed E-state index contributed by atoms with van der Waals surface area (Å²) < 4.78 is 16.6. The lowest BCUT2D eigenvalue weighted by Gasteiger charge is -2.35. The van der Waals surface area contributed by atoms with Crippen LogP contribution >= 0.6 is 0 Å². The van der Waals surface area contributed by atoms with Gasteiger partial charge in [0.1, 0.15) is 17.7 Å². The second kappa shape index (κ2) is 10.0. The van der Waals surface area contributed by atoms with Crippen LogP contribution in [0.25, 0.3) is 27.8 Å². The summed E-state index contributed by atoms with van der Waals surface area (Å²) >= 11 is 0. The summed E-state index contributed by atoms with van der Waals surface area (Å²) in [5.41, 5.74) is 5.65. The summed E-state index contributed by atoms with van der Waals surface area (Å²) in [5.74, 6) is 0.564. The van der Waals surface area contributed by atoms with Crippen molar-refractivity contribution < 1.29 is 9.18 Å². The van der Waals surface area contributed by atoms with Gasteiger partial charge in [0.25, 0.3) is 0 Å². The Bertz CT molecular complexity index is 1690. The first kappa shape index (κ1) is 24.3. The minimum Gasteiger partial charge on any atom is -0.353 e. The van der Waals surface area contributed by atoms with Crippen LogP contribution in [0.3, 0.4) is 0 Å². The highest BCUT2D eigenvalue weighted by atomic mass is 19.1. The van der Waals surface area contributed by atoms with Gasteiger partial charge >= 0.3 is 0 Å². The zero-order chi connectivity index (χ0) is 26.9. The van der Waals surface area contributed by atoms with Crippen molar-refractivity contribution in [2.45, 2.75) is 6.42 Å². The predicted molar refractivity (Wildman–Crippen MR) is 144 cm³/mol. The van der Waals surface area contributed by atoms with Gasteiger partial charge in [-0.3, -0.25) is 9.48 Å². The Morgan fingerprint density at radius 3 is 2.41 bits per heavy atom. The molecule has 4 aromatic heterocycles. The first-order chi connectivity index (χ1) is 19.0. The highest BCUT2D eigenvalue weighted by Gasteiger charge is 2.22. The molecule has 0 spiro atoms. The van der Waals surface area contributed by atoms with Crippen molar-refractivity contribution in [1.82, 2.24) is 29.3 Å². The summed E-state index contributed by atoms with van der Waals surface area (Å²) in [4.78, 5) is 21.5. The Morgan fingerprint density at radius 2 is 1.74 bits per heavy atom. The molecular weight excluding hydrogens is 495 g/mol. The largest absolute Gasteiger partial charge is 0.353 e. The number of aromatic nitrogens is 5. The van der Waals surface area contributed by atoms with Crippen molar-refractivity contribution in [1.29, 1.82) is 5.26 Å². The van der Waals surface area contributed by atoms with E-state index in [0.29, 0.717) is 31.7 Å². The smallest absolute Gasteiger partial charge is 0.227 e. The quantitative estimate of drug-likeness (QED) is 0.351. The Labute approximate surface area is 224 Å². The van der Waals surface area contributed by atoms with Crippen LogP contribution in [-0.4, -0.2) is 61.4 Å². The maximum Gasteiger partial charge on any atom is 0.227 e. The molecule has 0 aliphatic carbocycles. The third-order valence-electron chi connectivity index (χ3n) is 7.05. The summed E-state index contributed by atoms with van der Waals surface area (Å²) in [7, 11) is 1.87. The molecule has 0 unspecified atom stereocenters. The fourth-order valence-electron chi connectivity index (χ4n) is 4.96. The number of hydrogen-bond acceptors (Lipinski definition) is 6. The van der Waals surface area contributed by atoms with E-state index >= 15 is 0 Å². The van der Waals surface area contributed by atoms with Gasteiger partial charge < -0.3 is 9.80 Å². The molecule has 0 bridgehead atoms. The van der Waals surface area contributed by atoms with Crippen molar-refractivity contribution in [2.75, 3.05) is 31.1 Å². The fraction of sp³-hybridized carbons (Fsp3) is 0.207. The molecule has 0 radical (unpaired) electrons. The molecule has 0 saturated carbocycles. The second-order valence-corrected chi connectivity index (χ2v) is 9.58. The van der Waals surface area contributed by atoms with E-state index in [-0.39, 0.29) is 18.1 Å². The third kappa shape index (κ3) is 4.82. The molecular formula is C29H25FN8O. The van der Waals surface area contributed by atoms with Crippen molar-refractivity contribution >= 4 is 17.2 Å². The standard InChI is InChI=1S/C29H25FN8O/c1-35-18-24(17-33-35)22-13-26(29-23(14-31)16-34-38(29)19-22)21-4-7-27(32-15-21)36-8-10-37(11-9-36)28(39)12-20-2-5-25(30)6-3-20/h2-7,13,15-19H,8-12H2,1H3. The van der Waals surface area contributed by atoms with E-state index in [2.05, 4.69) is 21.2 Å². The van der Waals surface area contributed by atoms with Gasteiger partial charge in [0, 0.05) is 74.1 Å². The Morgan fingerprint density at radius 1 is 0.949 bits per heavy atom. The van der Waals surface area contributed by atoms with E-state index in [1.165, 1.54) is 12.1 Å². The number of hydrogen-bond donors (Lipinski definition) is 0. The van der Waals surface area contributed by atoms with Crippen LogP contribution in [0.4, 0.5) is 10.2 Å². The van der Waals surface area contributed by atoms with Gasteiger partial charge in [-0.25, -0.2) is 13.9 Å². The highest BCUT2D eigenvalue weighted by Crippen LogP contribution is 2.32. The van der Waals surface area contributed by atoms with E-state index < -0.39 is 0 Å². The van der Waals surface area contributed by atoms with Gasteiger partial charge in [-0.05, 0) is 35.9 Å². The molecule has 10 heteroatoms. The lowest BCUT2D eigenvalue weighted by molar-refractivity contribution is -0.130. The molecule has 1 aromatic carbocycles. The second-order valence-electron chi connectivity index (χ2n) is 9.58. The van der Waals surface area contributed by atoms with Gasteiger partial charge in [0.15, 0.2) is 0 Å². The van der Waals surface area contributed by atoms with Gasteiger partial charge in [0.2, 0.25) is 5.91 Å². The number of piperazine rings is 1. The number of carbonyl (C=O) groups excluding carboxylic acids is 1. The first-order valence-corrected chi connectivity index (χ1v) is 12.6. The monoisotopic (exact) mass is 520 g/mol. The molecule has 9 nitrogen and oxygen atoms in total. The molecule has 5 heterocycles. The minimum atomic E-state index is -0.306. The number of nitriles is 1. The average molecular weight is 521 g/mol. The van der Waals surface area contributed by atoms with Gasteiger partial charge in [-0.1, -0.05) is 12.1 Å². The number of anilines is 1. The number of pyridine rings is 2. The Hall–Kier alpha value is -5.04. The molecule has 5 aromatic rings. The summed E-state index contributed by atoms with van der Waals surface area (Å²) in [6, 6.07) is 14.3. The van der Waals surface area contributed by atoms with Gasteiger partial charge in [-0.2, -0.15) is 15.5 Å². The number of carbonyl (C=O) groups is 1. The number of rotatable bonds is 5. The van der Waals surface area contributed by atoms with Crippen molar-refractivity contribution in [2.24, 2.45) is 7.05 Å². The average Bonchev–Trinajstić information content (AvgIpc) is 3.60. The van der Waals surface area contributed by atoms with Crippen molar-refractivity contribution in [3.8, 4) is 28.3 Å². The van der Waals surface area contributed by atoms with Crippen LogP contribution in [-0.2, 0) is 18.3 Å². The molecule has 39 heavy (non-hydrogen) atoms. The number of benzene rings is 1. The van der Waals surface area contributed by atoms with Gasteiger partial charge in [0.05, 0.1) is 29.9 Å². The number of amides is 1. The van der Waals surface area contributed by atoms with Crippen LogP contribution < -0.4 is 4.90 Å². The van der Waals surface area contributed by atoms with Crippen molar-refractivity contribution in [3.05, 3.63) is 90.4 Å². The molecule has 1 aliphatic heterocycles. The Kier molecular flexibility index (Phi) is 6.25. The minimum absolute atomic E-state index is 0.0381. The number of aryl methyl sites for hydroxylation is 1. The Balaban J connectivity index is 1.20. The molecule has 0 N–H and O–H groups in total. The summed E-state index contributed by atoms with van der Waals surface area (Å²) in [6.07, 6.45) is 9.28. The van der Waals surface area contributed by atoms with E-state index in [4.69, 9.17) is 4.98 Å². The van der Waals surface area contributed by atoms with E-state index in [0.717, 1.165) is 39.2 Å². The summed E-state index contributed by atoms with van der Waals surface area (Å²) in [6.45, 7) is 2.53. The first-order valence-electron chi connectivity index (χ1n) is 12.6. The van der Waals surface area contributed by atoms with E-state index in [1.807, 2.05) is 48.7 Å². The summed E-state index contributed by atoms with van der Waals surface area (Å²) in [5, 5.41) is 18.4. The molecule has 6 rings (SSSR count). The predicted octanol–water partition coefficient (Wildman–Crippen LogP) is 3.70. The lowest BCUT2D eigenvalue weighted by atomic mass is 10.0. The number of halogens is 1. The van der Waals surface area contributed by atoms with Crippen LogP contribution in [0.1, 0.15) is 11.1 Å². The van der Waals surface area contributed by atoms with Crippen LogP contribution in [0.2, 0.25) is 0 Å². The third-order valence-corrected chi connectivity index (χ3v) is 7.05. The molecule has 1 aliphatic rings. The molecule has 1 amide bonds. The maximum atomic E-state index is 13.2. The zero-order valence-electron chi connectivity index (χ0n) is 21.3. The van der Waals surface area contributed by atoms with Crippen LogP contribution in [0.5, 0.6) is 0 Å². The highest BCUT2D eigenvalue weighted by molar-refractivity contribution is 5.87. The van der Waals surface area contributed by atoms with E-state index in [9.17, 15) is 14.4 Å². The molecule has 1 saturated heterocycles. The SMILES string of the molecule is Cn1cc(-c2cc(-c3ccc(N4CCN(C(=O)Cc5ccc(F)cc5)CC4)nc3)c3c(C#N)cnn3c2)cn1.